The van der Waals surface area contributed by atoms with Crippen LogP contribution in [0.2, 0.25) is 0 Å². The summed E-state index contributed by atoms with van der Waals surface area (Å²) >= 11 is 0. The van der Waals surface area contributed by atoms with Crippen LogP contribution in [-0.2, 0) is 6.42 Å². The SMILES string of the molecule is NC(N/C(=C\Cc1ccc(-c2ccccc2)cc1)c1cc(-c2ccc3ccccc3c2)cc(-c2c3ccccc3cc3c2ccc2ccccc23)c1)c1ccccc1. The monoisotopic (exact) mass is 742 g/mol. The van der Waals surface area contributed by atoms with Crippen LogP contribution in [0, 0.1) is 0 Å². The number of rotatable bonds is 9. The molecule has 58 heavy (non-hydrogen) atoms. The summed E-state index contributed by atoms with van der Waals surface area (Å²) in [4.78, 5) is 0. The molecule has 3 N–H and O–H groups in total. The third-order valence-electron chi connectivity index (χ3n) is 11.5. The summed E-state index contributed by atoms with van der Waals surface area (Å²) < 4.78 is 0. The highest BCUT2D eigenvalue weighted by molar-refractivity contribution is 6.20. The van der Waals surface area contributed by atoms with Crippen LogP contribution in [-0.4, -0.2) is 0 Å². The molecule has 10 aromatic rings. The Hall–Kier alpha value is -7.26. The topological polar surface area (TPSA) is 38.0 Å². The number of allylic oxidation sites excluding steroid dienone is 1. The normalized spacial score (nSPS) is 12.3. The van der Waals surface area contributed by atoms with Crippen LogP contribution < -0.4 is 11.1 Å². The van der Waals surface area contributed by atoms with Gasteiger partial charge < -0.3 is 11.1 Å². The summed E-state index contributed by atoms with van der Waals surface area (Å²) in [7, 11) is 0. The molecule has 0 saturated heterocycles. The van der Waals surface area contributed by atoms with E-state index in [4.69, 9.17) is 5.73 Å². The Morgan fingerprint density at radius 1 is 0.414 bits per heavy atom. The first-order valence-corrected chi connectivity index (χ1v) is 20.0. The van der Waals surface area contributed by atoms with Crippen LogP contribution in [0.1, 0.15) is 22.9 Å². The summed E-state index contributed by atoms with van der Waals surface area (Å²) in [5.74, 6) is 0. The number of hydrogen-bond donors (Lipinski definition) is 2. The summed E-state index contributed by atoms with van der Waals surface area (Å²) in [5, 5.41) is 13.7. The fourth-order valence-corrected chi connectivity index (χ4v) is 8.45. The van der Waals surface area contributed by atoms with Gasteiger partial charge in [-0.15, -0.1) is 0 Å². The van der Waals surface area contributed by atoms with Crippen molar-refractivity contribution in [2.75, 3.05) is 0 Å². The quantitative estimate of drug-likeness (QED) is 0.0878. The predicted molar refractivity (Wildman–Crippen MR) is 247 cm³/mol. The summed E-state index contributed by atoms with van der Waals surface area (Å²) in [6.45, 7) is 0. The lowest BCUT2D eigenvalue weighted by molar-refractivity contribution is 0.666. The first kappa shape index (κ1) is 35.2. The van der Waals surface area contributed by atoms with Crippen LogP contribution in [0.3, 0.4) is 0 Å². The van der Waals surface area contributed by atoms with Gasteiger partial charge >= 0.3 is 0 Å². The molecule has 0 aliphatic rings. The zero-order valence-corrected chi connectivity index (χ0v) is 32.1. The lowest BCUT2D eigenvalue weighted by Gasteiger charge is -2.21. The summed E-state index contributed by atoms with van der Waals surface area (Å²) in [5.41, 5.74) is 18.4. The molecule has 0 fully saturated rings. The van der Waals surface area contributed by atoms with Crippen molar-refractivity contribution in [3.8, 4) is 33.4 Å². The second kappa shape index (κ2) is 15.3. The molecule has 2 heteroatoms. The van der Waals surface area contributed by atoms with Gasteiger partial charge in [-0.05, 0) is 130 Å². The van der Waals surface area contributed by atoms with Crippen molar-refractivity contribution in [3.63, 3.8) is 0 Å². The number of benzene rings is 10. The molecular weight excluding hydrogens is 701 g/mol. The molecule has 0 radical (unpaired) electrons. The molecule has 0 spiro atoms. The van der Waals surface area contributed by atoms with Crippen LogP contribution >= 0.6 is 0 Å². The lowest BCUT2D eigenvalue weighted by atomic mass is 9.87. The van der Waals surface area contributed by atoms with E-state index in [1.807, 2.05) is 18.2 Å². The molecule has 276 valence electrons. The van der Waals surface area contributed by atoms with Crippen LogP contribution in [0.15, 0.2) is 218 Å². The molecule has 0 bridgehead atoms. The van der Waals surface area contributed by atoms with Crippen molar-refractivity contribution in [2.24, 2.45) is 5.73 Å². The van der Waals surface area contributed by atoms with Gasteiger partial charge in [0, 0.05) is 5.70 Å². The predicted octanol–water partition coefficient (Wildman–Crippen LogP) is 14.1. The van der Waals surface area contributed by atoms with Crippen molar-refractivity contribution < 1.29 is 0 Å². The highest BCUT2D eigenvalue weighted by Gasteiger charge is 2.17. The first-order chi connectivity index (χ1) is 28.6. The molecule has 0 heterocycles. The minimum atomic E-state index is -0.412. The zero-order valence-electron chi connectivity index (χ0n) is 32.1. The Labute approximate surface area is 339 Å². The van der Waals surface area contributed by atoms with Gasteiger partial charge in [-0.3, -0.25) is 0 Å². The molecular formula is C56H42N2. The van der Waals surface area contributed by atoms with E-state index < -0.39 is 6.17 Å². The molecule has 10 rings (SSSR count). The average Bonchev–Trinajstić information content (AvgIpc) is 3.30. The van der Waals surface area contributed by atoms with Gasteiger partial charge in [0.25, 0.3) is 0 Å². The fourth-order valence-electron chi connectivity index (χ4n) is 8.45. The van der Waals surface area contributed by atoms with E-state index in [0.29, 0.717) is 0 Å². The van der Waals surface area contributed by atoms with Gasteiger partial charge in [-0.25, -0.2) is 0 Å². The maximum absolute atomic E-state index is 7.00. The van der Waals surface area contributed by atoms with Crippen molar-refractivity contribution in [2.45, 2.75) is 12.6 Å². The summed E-state index contributed by atoms with van der Waals surface area (Å²) in [6, 6.07) is 76.6. The van der Waals surface area contributed by atoms with Crippen molar-refractivity contribution in [1.29, 1.82) is 0 Å². The molecule has 1 atom stereocenters. The van der Waals surface area contributed by atoms with Crippen molar-refractivity contribution in [1.82, 2.24) is 5.32 Å². The van der Waals surface area contributed by atoms with E-state index in [9.17, 15) is 0 Å². The van der Waals surface area contributed by atoms with E-state index >= 15 is 0 Å². The van der Waals surface area contributed by atoms with Gasteiger partial charge in [0.2, 0.25) is 0 Å². The molecule has 2 nitrogen and oxygen atoms in total. The van der Waals surface area contributed by atoms with Crippen LogP contribution in [0.4, 0.5) is 0 Å². The third-order valence-corrected chi connectivity index (χ3v) is 11.5. The molecule has 1 unspecified atom stereocenters. The highest BCUT2D eigenvalue weighted by atomic mass is 15.0. The number of fused-ring (bicyclic) bond motifs is 5. The highest BCUT2D eigenvalue weighted by Crippen LogP contribution is 2.42. The van der Waals surface area contributed by atoms with Gasteiger partial charge in [-0.2, -0.15) is 0 Å². The minimum Gasteiger partial charge on any atom is -0.366 e. The Bertz CT molecular complexity index is 3110. The van der Waals surface area contributed by atoms with Gasteiger partial charge in [0.15, 0.2) is 0 Å². The standard InChI is InChI=1S/C56H42N2/c57-56(43-17-5-2-6-18-43)58-54(32-25-38-23-26-41(27-24-38)39-13-3-1-4-14-39)48-34-47(45-29-28-40-15-7-8-19-44(40)33-45)35-49(36-48)55-51-22-12-10-20-46(51)37-53-50-21-11-9-16-42(50)30-31-52(53)55/h1-24,26-37,56,58H,25,57H2/b54-32-. The van der Waals surface area contributed by atoms with E-state index in [1.54, 1.807) is 0 Å². The molecule has 0 aliphatic carbocycles. The van der Waals surface area contributed by atoms with Crippen LogP contribution in [0.25, 0.3) is 82.2 Å². The van der Waals surface area contributed by atoms with Crippen LogP contribution in [0.5, 0.6) is 0 Å². The third kappa shape index (κ3) is 6.92. The van der Waals surface area contributed by atoms with E-state index in [2.05, 4.69) is 206 Å². The summed E-state index contributed by atoms with van der Waals surface area (Å²) in [6.07, 6.45) is 2.63. The zero-order chi connectivity index (χ0) is 38.8. The van der Waals surface area contributed by atoms with Gasteiger partial charge in [0.1, 0.15) is 6.17 Å². The fraction of sp³-hybridized carbons (Fsp3) is 0.0357. The first-order valence-electron chi connectivity index (χ1n) is 20.0. The largest absolute Gasteiger partial charge is 0.366 e. The van der Waals surface area contributed by atoms with Gasteiger partial charge in [-0.1, -0.05) is 188 Å². The van der Waals surface area contributed by atoms with E-state index in [0.717, 1.165) is 34.4 Å². The number of nitrogens with two attached hydrogens (primary N) is 1. The molecule has 0 aromatic heterocycles. The second-order valence-corrected chi connectivity index (χ2v) is 15.1. The Balaban J connectivity index is 1.18. The molecule has 0 saturated carbocycles. The van der Waals surface area contributed by atoms with E-state index in [1.165, 1.54) is 70.9 Å². The van der Waals surface area contributed by atoms with Crippen molar-refractivity contribution in [3.05, 3.63) is 235 Å². The maximum Gasteiger partial charge on any atom is 0.101 e. The number of nitrogens with one attached hydrogen (secondary N) is 1. The van der Waals surface area contributed by atoms with Gasteiger partial charge in [0.05, 0.1) is 0 Å². The molecule has 0 amide bonds. The average molecular weight is 743 g/mol. The lowest BCUT2D eigenvalue weighted by Crippen LogP contribution is -2.27. The van der Waals surface area contributed by atoms with Crippen molar-refractivity contribution >= 4 is 48.8 Å². The Morgan fingerprint density at radius 2 is 1.02 bits per heavy atom. The van der Waals surface area contributed by atoms with E-state index in [-0.39, 0.29) is 0 Å². The minimum absolute atomic E-state index is 0.412. The smallest absolute Gasteiger partial charge is 0.101 e. The Morgan fingerprint density at radius 3 is 1.81 bits per heavy atom. The molecule has 0 aliphatic heterocycles. The maximum atomic E-state index is 7.00. The molecule has 10 aromatic carbocycles. The number of hydrogen-bond acceptors (Lipinski definition) is 2. The Kier molecular flexibility index (Phi) is 9.31. The second-order valence-electron chi connectivity index (χ2n) is 15.1.